The van der Waals surface area contributed by atoms with Crippen LogP contribution in [0.15, 0.2) is 12.2 Å². The van der Waals surface area contributed by atoms with Gasteiger partial charge in [-0.15, -0.1) is 0 Å². The number of hydrogen-bond acceptors (Lipinski definition) is 5. The predicted octanol–water partition coefficient (Wildman–Crippen LogP) is -0.630. The fourth-order valence-electron chi connectivity index (χ4n) is 0.933. The van der Waals surface area contributed by atoms with E-state index >= 15 is 0 Å². The normalized spacial score (nSPS) is 15.1. The molecule has 0 radical (unpaired) electrons. The number of carboxylic acid groups (broad SMARTS) is 1. The molecular weight excluding hydrogens is 212 g/mol. The standard InChI is InChI=1S/C6H8O4.C4H10N2/c1-2-10-6(9)4-3-5(7)8;1-2-6-4-3-5-1/h3-4H,2H2,1H3,(H,7,8);5-6H,1-4H2/b4-3-;. The van der Waals surface area contributed by atoms with E-state index in [1.165, 1.54) is 0 Å². The third-order valence-electron chi connectivity index (χ3n) is 1.61. The van der Waals surface area contributed by atoms with Crippen LogP contribution in [0.1, 0.15) is 6.92 Å². The Morgan fingerprint density at radius 3 is 2.00 bits per heavy atom. The highest BCUT2D eigenvalue weighted by Crippen LogP contribution is 1.80. The number of carbonyl (C=O) groups is 2. The van der Waals surface area contributed by atoms with E-state index in [0.717, 1.165) is 38.3 Å². The van der Waals surface area contributed by atoms with Gasteiger partial charge in [-0.25, -0.2) is 9.59 Å². The lowest BCUT2D eigenvalue weighted by atomic mass is 10.4. The molecule has 0 bridgehead atoms. The van der Waals surface area contributed by atoms with E-state index < -0.39 is 11.9 Å². The molecule has 1 aliphatic rings. The van der Waals surface area contributed by atoms with Crippen molar-refractivity contribution in [1.29, 1.82) is 0 Å². The van der Waals surface area contributed by atoms with Crippen LogP contribution in [-0.4, -0.2) is 49.8 Å². The van der Waals surface area contributed by atoms with Crippen LogP contribution in [-0.2, 0) is 14.3 Å². The Bertz CT molecular complexity index is 225. The maximum absolute atomic E-state index is 10.4. The van der Waals surface area contributed by atoms with Gasteiger partial charge < -0.3 is 20.5 Å². The molecule has 6 heteroatoms. The number of hydrogen-bond donors (Lipinski definition) is 3. The number of carbonyl (C=O) groups excluding carboxylic acids is 1. The second kappa shape index (κ2) is 10.1. The molecule has 0 aromatic heterocycles. The molecule has 1 heterocycles. The van der Waals surface area contributed by atoms with Crippen molar-refractivity contribution in [2.45, 2.75) is 6.92 Å². The number of carboxylic acids is 1. The van der Waals surface area contributed by atoms with Crippen LogP contribution in [0.25, 0.3) is 0 Å². The Kier molecular flexibility index (Phi) is 9.24. The van der Waals surface area contributed by atoms with E-state index in [0.29, 0.717) is 0 Å². The molecule has 1 rings (SSSR count). The quantitative estimate of drug-likeness (QED) is 0.442. The Labute approximate surface area is 94.7 Å². The molecule has 0 aromatic rings. The van der Waals surface area contributed by atoms with Crippen LogP contribution >= 0.6 is 0 Å². The van der Waals surface area contributed by atoms with Crippen LogP contribution in [0.4, 0.5) is 0 Å². The summed E-state index contributed by atoms with van der Waals surface area (Å²) in [7, 11) is 0. The van der Waals surface area contributed by atoms with Crippen molar-refractivity contribution in [1.82, 2.24) is 10.6 Å². The van der Waals surface area contributed by atoms with Crippen molar-refractivity contribution < 1.29 is 19.4 Å². The minimum absolute atomic E-state index is 0.253. The molecule has 3 N–H and O–H groups in total. The summed E-state index contributed by atoms with van der Waals surface area (Å²) in [5.41, 5.74) is 0. The van der Waals surface area contributed by atoms with Crippen molar-refractivity contribution in [3.05, 3.63) is 12.2 Å². The molecule has 0 atom stereocenters. The van der Waals surface area contributed by atoms with Crippen LogP contribution in [0.2, 0.25) is 0 Å². The first-order chi connectivity index (χ1) is 7.66. The van der Waals surface area contributed by atoms with E-state index in [2.05, 4.69) is 15.4 Å². The highest BCUT2D eigenvalue weighted by atomic mass is 16.5. The molecule has 0 spiro atoms. The van der Waals surface area contributed by atoms with Gasteiger partial charge in [0, 0.05) is 38.3 Å². The highest BCUT2D eigenvalue weighted by molar-refractivity contribution is 5.90. The molecule has 0 aliphatic carbocycles. The number of rotatable bonds is 3. The van der Waals surface area contributed by atoms with Gasteiger partial charge in [-0.2, -0.15) is 0 Å². The molecule has 0 amide bonds. The minimum atomic E-state index is -1.16. The van der Waals surface area contributed by atoms with Gasteiger partial charge in [0.05, 0.1) is 6.61 Å². The number of nitrogens with one attached hydrogen (secondary N) is 2. The van der Waals surface area contributed by atoms with Gasteiger partial charge in [0.15, 0.2) is 0 Å². The second-order valence-corrected chi connectivity index (χ2v) is 2.92. The van der Waals surface area contributed by atoms with Gasteiger partial charge >= 0.3 is 11.9 Å². The van der Waals surface area contributed by atoms with Gasteiger partial charge in [-0.05, 0) is 6.92 Å². The zero-order chi connectivity index (χ0) is 12.2. The molecule has 0 saturated carbocycles. The lowest BCUT2D eigenvalue weighted by Crippen LogP contribution is -2.39. The Hall–Kier alpha value is -1.40. The number of esters is 1. The Morgan fingerprint density at radius 1 is 1.19 bits per heavy atom. The molecule has 1 saturated heterocycles. The number of piperazine rings is 1. The van der Waals surface area contributed by atoms with Gasteiger partial charge in [-0.1, -0.05) is 0 Å². The zero-order valence-electron chi connectivity index (χ0n) is 9.36. The summed E-state index contributed by atoms with van der Waals surface area (Å²) in [6.07, 6.45) is 1.60. The molecule has 92 valence electrons. The van der Waals surface area contributed by atoms with Gasteiger partial charge in [0.1, 0.15) is 0 Å². The van der Waals surface area contributed by atoms with Crippen molar-refractivity contribution in [2.75, 3.05) is 32.8 Å². The summed E-state index contributed by atoms with van der Waals surface area (Å²) < 4.78 is 4.40. The van der Waals surface area contributed by atoms with Crippen molar-refractivity contribution in [3.63, 3.8) is 0 Å². The summed E-state index contributed by atoms with van der Waals surface area (Å²) in [6, 6.07) is 0. The average molecular weight is 230 g/mol. The number of aliphatic carboxylic acids is 1. The monoisotopic (exact) mass is 230 g/mol. The lowest BCUT2D eigenvalue weighted by molar-refractivity contribution is -0.138. The second-order valence-electron chi connectivity index (χ2n) is 2.92. The molecule has 1 aliphatic heterocycles. The fourth-order valence-corrected chi connectivity index (χ4v) is 0.933. The van der Waals surface area contributed by atoms with Crippen molar-refractivity contribution >= 4 is 11.9 Å². The van der Waals surface area contributed by atoms with Crippen LogP contribution in [0.3, 0.4) is 0 Å². The minimum Gasteiger partial charge on any atom is -0.478 e. The summed E-state index contributed by atoms with van der Waals surface area (Å²) in [5.74, 6) is -1.79. The van der Waals surface area contributed by atoms with Gasteiger partial charge in [-0.3, -0.25) is 0 Å². The predicted molar refractivity (Wildman–Crippen MR) is 59.1 cm³/mol. The summed E-state index contributed by atoms with van der Waals surface area (Å²) in [4.78, 5) is 20.2. The largest absolute Gasteiger partial charge is 0.478 e. The Balaban J connectivity index is 0.000000315. The van der Waals surface area contributed by atoms with Crippen molar-refractivity contribution in [2.24, 2.45) is 0 Å². The summed E-state index contributed by atoms with van der Waals surface area (Å²) in [5, 5.41) is 14.5. The molecule has 1 fully saturated rings. The zero-order valence-corrected chi connectivity index (χ0v) is 9.36. The van der Waals surface area contributed by atoms with E-state index in [4.69, 9.17) is 5.11 Å². The van der Waals surface area contributed by atoms with E-state index in [-0.39, 0.29) is 6.61 Å². The maximum atomic E-state index is 10.4. The van der Waals surface area contributed by atoms with Crippen LogP contribution < -0.4 is 10.6 Å². The third kappa shape index (κ3) is 10.7. The third-order valence-corrected chi connectivity index (χ3v) is 1.61. The van der Waals surface area contributed by atoms with E-state index in [9.17, 15) is 9.59 Å². The lowest BCUT2D eigenvalue weighted by Gasteiger charge is -2.11. The maximum Gasteiger partial charge on any atom is 0.330 e. The first-order valence-electron chi connectivity index (χ1n) is 5.16. The highest BCUT2D eigenvalue weighted by Gasteiger charge is 1.94. The van der Waals surface area contributed by atoms with E-state index in [1.54, 1.807) is 6.92 Å². The molecule has 6 nitrogen and oxygen atoms in total. The Morgan fingerprint density at radius 2 is 1.69 bits per heavy atom. The van der Waals surface area contributed by atoms with Crippen LogP contribution in [0.5, 0.6) is 0 Å². The smallest absolute Gasteiger partial charge is 0.330 e. The summed E-state index contributed by atoms with van der Waals surface area (Å²) >= 11 is 0. The van der Waals surface area contributed by atoms with Crippen LogP contribution in [0, 0.1) is 0 Å². The first kappa shape index (κ1) is 14.6. The fraction of sp³-hybridized carbons (Fsp3) is 0.600. The SMILES string of the molecule is C1CNCCN1.CCOC(=O)/C=C\C(=O)O. The van der Waals surface area contributed by atoms with Gasteiger partial charge in [0.2, 0.25) is 0 Å². The average Bonchev–Trinajstić information content (AvgIpc) is 2.30. The topological polar surface area (TPSA) is 87.7 Å². The van der Waals surface area contributed by atoms with Crippen molar-refractivity contribution in [3.8, 4) is 0 Å². The number of ether oxygens (including phenoxy) is 1. The molecule has 16 heavy (non-hydrogen) atoms. The van der Waals surface area contributed by atoms with Gasteiger partial charge in [0.25, 0.3) is 0 Å². The molecule has 0 aromatic carbocycles. The first-order valence-corrected chi connectivity index (χ1v) is 5.16. The molecule has 0 unspecified atom stereocenters. The molecular formula is C10H18N2O4. The van der Waals surface area contributed by atoms with E-state index in [1.807, 2.05) is 0 Å². The summed E-state index contributed by atoms with van der Waals surface area (Å²) in [6.45, 7) is 6.45.